The number of hydrogen-bond donors (Lipinski definition) is 2. The summed E-state index contributed by atoms with van der Waals surface area (Å²) in [4.78, 5) is 15.4. The first-order valence-electron chi connectivity index (χ1n) is 13.1. The van der Waals surface area contributed by atoms with Gasteiger partial charge in [0.15, 0.2) is 0 Å². The SMILES string of the molecule is Cc1cc(Nc2ccc(F)cc2)c(C=N)cc1C12CN(C(=O)c3ccccc3)CC1C2Cc1ccccc1. The highest BCUT2D eigenvalue weighted by atomic mass is 19.1. The van der Waals surface area contributed by atoms with Gasteiger partial charge in [-0.1, -0.05) is 48.5 Å². The third kappa shape index (κ3) is 4.18. The summed E-state index contributed by atoms with van der Waals surface area (Å²) in [5, 5.41) is 11.5. The molecule has 2 fully saturated rings. The Labute approximate surface area is 222 Å². The number of hydrogen-bond acceptors (Lipinski definition) is 3. The maximum Gasteiger partial charge on any atom is 0.253 e. The zero-order chi connectivity index (χ0) is 26.3. The van der Waals surface area contributed by atoms with Crippen molar-refractivity contribution in [1.29, 1.82) is 5.41 Å². The van der Waals surface area contributed by atoms with E-state index in [1.807, 2.05) is 41.3 Å². The normalized spacial score (nSPS) is 21.6. The molecule has 4 aromatic rings. The summed E-state index contributed by atoms with van der Waals surface area (Å²) in [7, 11) is 0. The molecule has 2 N–H and O–H groups in total. The van der Waals surface area contributed by atoms with Gasteiger partial charge < -0.3 is 15.6 Å². The molecule has 38 heavy (non-hydrogen) atoms. The number of likely N-dealkylation sites (tertiary alicyclic amines) is 1. The molecule has 1 saturated heterocycles. The highest BCUT2D eigenvalue weighted by Crippen LogP contribution is 2.66. The van der Waals surface area contributed by atoms with Crippen LogP contribution in [0.2, 0.25) is 0 Å². The lowest BCUT2D eigenvalue weighted by Crippen LogP contribution is -2.35. The first-order valence-corrected chi connectivity index (χ1v) is 13.1. The molecule has 0 radical (unpaired) electrons. The second-order valence-corrected chi connectivity index (χ2v) is 10.5. The highest BCUT2D eigenvalue weighted by Gasteiger charge is 2.70. The number of anilines is 2. The lowest BCUT2D eigenvalue weighted by atomic mass is 9.86. The maximum atomic E-state index is 13.4. The molecule has 1 saturated carbocycles. The monoisotopic (exact) mass is 503 g/mol. The summed E-state index contributed by atoms with van der Waals surface area (Å²) in [5.74, 6) is 0.588. The summed E-state index contributed by atoms with van der Waals surface area (Å²) in [5.41, 5.74) is 6.61. The Kier molecular flexibility index (Phi) is 6.07. The zero-order valence-electron chi connectivity index (χ0n) is 21.3. The standard InChI is InChI=1S/C33H30FN3O/c1-22-16-31(36-27-14-12-26(34)13-15-27)25(19-35)18-28(22)33-21-37(32(38)24-10-6-3-7-11-24)20-30(33)29(33)17-23-8-4-2-5-9-23/h2-16,18-19,29-30,35-36H,17,20-21H2,1H3. The first-order chi connectivity index (χ1) is 18.5. The molecular weight excluding hydrogens is 473 g/mol. The fourth-order valence-corrected chi connectivity index (χ4v) is 6.48. The molecule has 0 aromatic heterocycles. The van der Waals surface area contributed by atoms with Gasteiger partial charge in [0.1, 0.15) is 5.82 Å². The van der Waals surface area contributed by atoms with Crippen LogP contribution in [0.4, 0.5) is 15.8 Å². The van der Waals surface area contributed by atoms with Crippen molar-refractivity contribution >= 4 is 23.5 Å². The van der Waals surface area contributed by atoms with Crippen LogP contribution in [0.25, 0.3) is 0 Å². The van der Waals surface area contributed by atoms with E-state index in [-0.39, 0.29) is 17.1 Å². The number of fused-ring (bicyclic) bond motifs is 1. The molecular formula is C33H30FN3O. The predicted octanol–water partition coefficient (Wildman–Crippen LogP) is 6.76. The Morgan fingerprint density at radius 2 is 1.71 bits per heavy atom. The minimum atomic E-state index is -0.284. The van der Waals surface area contributed by atoms with E-state index < -0.39 is 0 Å². The van der Waals surface area contributed by atoms with Crippen LogP contribution in [0, 0.1) is 30.0 Å². The second kappa shape index (κ2) is 9.56. The Morgan fingerprint density at radius 1 is 1.03 bits per heavy atom. The third-order valence-electron chi connectivity index (χ3n) is 8.35. The first kappa shape index (κ1) is 24.1. The van der Waals surface area contributed by atoms with Crippen molar-refractivity contribution in [3.63, 3.8) is 0 Å². The summed E-state index contributed by atoms with van der Waals surface area (Å²) in [6.07, 6.45) is 2.34. The van der Waals surface area contributed by atoms with Crippen LogP contribution < -0.4 is 5.32 Å². The third-order valence-corrected chi connectivity index (χ3v) is 8.35. The fraction of sp³-hybridized carbons (Fsp3) is 0.212. The van der Waals surface area contributed by atoms with E-state index in [2.05, 4.69) is 48.6 Å². The van der Waals surface area contributed by atoms with Crippen molar-refractivity contribution in [3.8, 4) is 0 Å². The van der Waals surface area contributed by atoms with Gasteiger partial charge in [-0.2, -0.15) is 0 Å². The number of nitrogens with zero attached hydrogens (tertiary/aromatic N) is 1. The smallest absolute Gasteiger partial charge is 0.253 e. The van der Waals surface area contributed by atoms with Crippen molar-refractivity contribution in [1.82, 2.24) is 4.90 Å². The lowest BCUT2D eigenvalue weighted by molar-refractivity contribution is 0.0763. The fourth-order valence-electron chi connectivity index (χ4n) is 6.48. The molecule has 5 heteroatoms. The van der Waals surface area contributed by atoms with Gasteiger partial charge in [-0.15, -0.1) is 0 Å². The van der Waals surface area contributed by atoms with Gasteiger partial charge in [-0.25, -0.2) is 4.39 Å². The molecule has 6 rings (SSSR count). The minimum absolute atomic E-state index is 0.0789. The van der Waals surface area contributed by atoms with Crippen molar-refractivity contribution in [2.24, 2.45) is 11.8 Å². The van der Waals surface area contributed by atoms with Crippen LogP contribution in [-0.4, -0.2) is 30.1 Å². The number of piperidine rings is 1. The molecule has 1 aliphatic heterocycles. The summed E-state index contributed by atoms with van der Waals surface area (Å²) in [6.45, 7) is 3.52. The van der Waals surface area contributed by atoms with Gasteiger partial charge >= 0.3 is 0 Å². The van der Waals surface area contributed by atoms with Gasteiger partial charge in [0.2, 0.25) is 0 Å². The Balaban J connectivity index is 1.35. The van der Waals surface area contributed by atoms with Crippen molar-refractivity contribution in [2.45, 2.75) is 18.8 Å². The Morgan fingerprint density at radius 3 is 2.39 bits per heavy atom. The van der Waals surface area contributed by atoms with Crippen LogP contribution >= 0.6 is 0 Å². The van der Waals surface area contributed by atoms with Crippen molar-refractivity contribution in [2.75, 3.05) is 18.4 Å². The van der Waals surface area contributed by atoms with E-state index in [0.29, 0.717) is 18.4 Å². The average Bonchev–Trinajstić information content (AvgIpc) is 3.33. The molecule has 0 bridgehead atoms. The summed E-state index contributed by atoms with van der Waals surface area (Å²) < 4.78 is 13.4. The van der Waals surface area contributed by atoms with E-state index in [9.17, 15) is 9.18 Å². The molecule has 3 unspecified atom stereocenters. The summed E-state index contributed by atoms with van der Waals surface area (Å²) in [6, 6.07) is 30.5. The van der Waals surface area contributed by atoms with Crippen molar-refractivity contribution in [3.05, 3.63) is 131 Å². The molecule has 4 aromatic carbocycles. The van der Waals surface area contributed by atoms with E-state index >= 15 is 0 Å². The molecule has 1 aliphatic carbocycles. The lowest BCUT2D eigenvalue weighted by Gasteiger charge is -2.26. The minimum Gasteiger partial charge on any atom is -0.355 e. The van der Waals surface area contributed by atoms with Gasteiger partial charge in [-0.3, -0.25) is 4.79 Å². The molecule has 4 nitrogen and oxygen atoms in total. The average molecular weight is 504 g/mol. The number of amides is 1. The molecule has 1 heterocycles. The van der Waals surface area contributed by atoms with Crippen LogP contribution in [0.1, 0.15) is 32.6 Å². The number of nitrogens with one attached hydrogen (secondary N) is 2. The van der Waals surface area contributed by atoms with Crippen LogP contribution in [0.3, 0.4) is 0 Å². The predicted molar refractivity (Wildman–Crippen MR) is 150 cm³/mol. The number of carbonyl (C=O) groups is 1. The number of aryl methyl sites for hydroxylation is 1. The van der Waals surface area contributed by atoms with Crippen LogP contribution in [0.5, 0.6) is 0 Å². The topological polar surface area (TPSA) is 56.2 Å². The Hall–Kier alpha value is -4.25. The van der Waals surface area contributed by atoms with Crippen LogP contribution in [-0.2, 0) is 11.8 Å². The number of carbonyl (C=O) groups excluding carboxylic acids is 1. The number of halogens is 1. The van der Waals surface area contributed by atoms with Gasteiger partial charge in [0, 0.05) is 47.2 Å². The molecule has 2 aliphatic rings. The number of rotatable bonds is 7. The van der Waals surface area contributed by atoms with E-state index in [1.54, 1.807) is 12.1 Å². The van der Waals surface area contributed by atoms with Crippen molar-refractivity contribution < 1.29 is 9.18 Å². The summed E-state index contributed by atoms with van der Waals surface area (Å²) >= 11 is 0. The quantitative estimate of drug-likeness (QED) is 0.274. The van der Waals surface area contributed by atoms with Gasteiger partial charge in [0.25, 0.3) is 5.91 Å². The largest absolute Gasteiger partial charge is 0.355 e. The molecule has 3 atom stereocenters. The Bertz CT molecular complexity index is 1490. The van der Waals surface area contributed by atoms with E-state index in [4.69, 9.17) is 5.41 Å². The van der Waals surface area contributed by atoms with Gasteiger partial charge in [-0.05, 0) is 90.4 Å². The molecule has 1 amide bonds. The van der Waals surface area contributed by atoms with Crippen LogP contribution in [0.15, 0.2) is 97.1 Å². The highest BCUT2D eigenvalue weighted by molar-refractivity contribution is 5.95. The van der Waals surface area contributed by atoms with E-state index in [1.165, 1.54) is 29.5 Å². The van der Waals surface area contributed by atoms with Gasteiger partial charge in [0.05, 0.1) is 0 Å². The number of benzene rings is 4. The zero-order valence-corrected chi connectivity index (χ0v) is 21.3. The maximum absolute atomic E-state index is 13.4. The second-order valence-electron chi connectivity index (χ2n) is 10.5. The molecule has 0 spiro atoms. The molecule has 190 valence electrons. The van der Waals surface area contributed by atoms with E-state index in [0.717, 1.165) is 41.0 Å².